The van der Waals surface area contributed by atoms with Crippen molar-refractivity contribution in [3.05, 3.63) is 96.2 Å². The van der Waals surface area contributed by atoms with E-state index in [9.17, 15) is 4.79 Å². The Balaban J connectivity index is 1.49. The van der Waals surface area contributed by atoms with Crippen LogP contribution in [0, 0.1) is 0 Å². The van der Waals surface area contributed by atoms with Gasteiger partial charge in [0.25, 0.3) is 0 Å². The molecule has 0 unspecified atom stereocenters. The van der Waals surface area contributed by atoms with Crippen LogP contribution in [-0.4, -0.2) is 23.1 Å². The molecular weight excluding hydrogens is 374 g/mol. The monoisotopic (exact) mass is 399 g/mol. The third-order valence-electron chi connectivity index (χ3n) is 4.87. The number of fused-ring (bicyclic) bond motifs is 1. The van der Waals surface area contributed by atoms with E-state index < -0.39 is 0 Å². The molecule has 0 N–H and O–H groups in total. The number of aromatic nitrogens is 1. The summed E-state index contributed by atoms with van der Waals surface area (Å²) in [5.74, 6) is 1.66. The van der Waals surface area contributed by atoms with Crippen LogP contribution in [0.2, 0.25) is 0 Å². The molecule has 0 saturated heterocycles. The first kappa shape index (κ1) is 19.8. The SMILES string of the molecule is CC(C)Oc1ccc(OCCn2cc(C(=O)c3ccccc3)c3ccccc32)cc1. The summed E-state index contributed by atoms with van der Waals surface area (Å²) in [5, 5.41) is 0.960. The van der Waals surface area contributed by atoms with Gasteiger partial charge in [0.2, 0.25) is 0 Å². The minimum absolute atomic E-state index is 0.0345. The number of rotatable bonds is 8. The number of ketones is 1. The number of para-hydroxylation sites is 1. The van der Waals surface area contributed by atoms with Gasteiger partial charge in [0.1, 0.15) is 18.1 Å². The second kappa shape index (κ2) is 8.87. The van der Waals surface area contributed by atoms with Crippen molar-refractivity contribution in [3.8, 4) is 11.5 Å². The Kier molecular flexibility index (Phi) is 5.84. The van der Waals surface area contributed by atoms with Crippen LogP contribution in [0.5, 0.6) is 11.5 Å². The predicted octanol–water partition coefficient (Wildman–Crippen LogP) is 5.74. The van der Waals surface area contributed by atoms with Crippen molar-refractivity contribution in [2.75, 3.05) is 6.61 Å². The Morgan fingerprint density at radius 3 is 2.27 bits per heavy atom. The van der Waals surface area contributed by atoms with E-state index in [0.717, 1.165) is 22.4 Å². The Bertz CT molecular complexity index is 1130. The Morgan fingerprint density at radius 2 is 1.53 bits per heavy atom. The second-order valence-electron chi connectivity index (χ2n) is 7.43. The number of hydrogen-bond donors (Lipinski definition) is 0. The van der Waals surface area contributed by atoms with Crippen LogP contribution in [0.25, 0.3) is 10.9 Å². The molecule has 0 radical (unpaired) electrons. The number of nitrogens with zero attached hydrogens (tertiary/aromatic N) is 1. The minimum atomic E-state index is 0.0345. The Hall–Kier alpha value is -3.53. The molecule has 0 saturated carbocycles. The van der Waals surface area contributed by atoms with E-state index in [1.54, 1.807) is 0 Å². The first-order valence-electron chi connectivity index (χ1n) is 10.2. The normalized spacial score (nSPS) is 11.0. The molecule has 0 fully saturated rings. The van der Waals surface area contributed by atoms with Crippen LogP contribution in [0.1, 0.15) is 29.8 Å². The number of carbonyl (C=O) groups is 1. The van der Waals surface area contributed by atoms with Gasteiger partial charge in [0, 0.05) is 28.2 Å². The van der Waals surface area contributed by atoms with Gasteiger partial charge in [0.15, 0.2) is 5.78 Å². The molecule has 0 amide bonds. The molecule has 4 heteroatoms. The van der Waals surface area contributed by atoms with Crippen LogP contribution < -0.4 is 9.47 Å². The van der Waals surface area contributed by atoms with Crippen molar-refractivity contribution in [3.63, 3.8) is 0 Å². The summed E-state index contributed by atoms with van der Waals surface area (Å²) in [5.41, 5.74) is 2.44. The van der Waals surface area contributed by atoms with E-state index >= 15 is 0 Å². The summed E-state index contributed by atoms with van der Waals surface area (Å²) in [4.78, 5) is 13.0. The molecule has 30 heavy (non-hydrogen) atoms. The van der Waals surface area contributed by atoms with Gasteiger partial charge in [-0.05, 0) is 44.2 Å². The molecule has 3 aromatic carbocycles. The summed E-state index contributed by atoms with van der Waals surface area (Å²) in [6.45, 7) is 5.15. The van der Waals surface area contributed by atoms with Crippen LogP contribution in [0.15, 0.2) is 85.1 Å². The van der Waals surface area contributed by atoms with Crippen LogP contribution in [0.3, 0.4) is 0 Å². The molecule has 0 aliphatic rings. The fourth-order valence-corrected chi connectivity index (χ4v) is 3.51. The first-order chi connectivity index (χ1) is 14.6. The Morgan fingerprint density at radius 1 is 0.867 bits per heavy atom. The predicted molar refractivity (Wildman–Crippen MR) is 120 cm³/mol. The summed E-state index contributed by atoms with van der Waals surface area (Å²) >= 11 is 0. The van der Waals surface area contributed by atoms with Gasteiger partial charge in [-0.1, -0.05) is 48.5 Å². The second-order valence-corrected chi connectivity index (χ2v) is 7.43. The minimum Gasteiger partial charge on any atom is -0.492 e. The summed E-state index contributed by atoms with van der Waals surface area (Å²) in [6.07, 6.45) is 2.08. The third-order valence-corrected chi connectivity index (χ3v) is 4.87. The average Bonchev–Trinajstić information content (AvgIpc) is 3.13. The zero-order valence-electron chi connectivity index (χ0n) is 17.2. The van der Waals surface area contributed by atoms with Gasteiger partial charge in [-0.2, -0.15) is 0 Å². The average molecular weight is 399 g/mol. The molecule has 0 aliphatic carbocycles. The van der Waals surface area contributed by atoms with Crippen molar-refractivity contribution in [1.29, 1.82) is 0 Å². The van der Waals surface area contributed by atoms with Crippen LogP contribution in [-0.2, 0) is 6.54 Å². The van der Waals surface area contributed by atoms with Crippen molar-refractivity contribution >= 4 is 16.7 Å². The number of carbonyl (C=O) groups excluding carboxylic acids is 1. The van der Waals surface area contributed by atoms with Crippen molar-refractivity contribution in [2.24, 2.45) is 0 Å². The lowest BCUT2D eigenvalue weighted by Gasteiger charge is -2.11. The summed E-state index contributed by atoms with van der Waals surface area (Å²) in [7, 11) is 0. The van der Waals surface area contributed by atoms with Crippen LogP contribution >= 0.6 is 0 Å². The van der Waals surface area contributed by atoms with Gasteiger partial charge in [-0.25, -0.2) is 0 Å². The van der Waals surface area contributed by atoms with Crippen molar-refractivity contribution in [1.82, 2.24) is 4.57 Å². The number of ether oxygens (including phenoxy) is 2. The largest absolute Gasteiger partial charge is 0.492 e. The smallest absolute Gasteiger partial charge is 0.195 e. The zero-order chi connectivity index (χ0) is 20.9. The molecule has 0 spiro atoms. The quantitative estimate of drug-likeness (QED) is 0.355. The Labute approximate surface area is 176 Å². The number of benzene rings is 3. The topological polar surface area (TPSA) is 40.5 Å². The van der Waals surface area contributed by atoms with Gasteiger partial charge >= 0.3 is 0 Å². The van der Waals surface area contributed by atoms with Gasteiger partial charge in [-0.3, -0.25) is 4.79 Å². The van der Waals surface area contributed by atoms with Gasteiger partial charge < -0.3 is 14.0 Å². The molecule has 152 valence electrons. The lowest BCUT2D eigenvalue weighted by molar-refractivity contribution is 0.104. The molecular formula is C26H25NO3. The van der Waals surface area contributed by atoms with E-state index in [1.165, 1.54) is 0 Å². The molecule has 0 aliphatic heterocycles. The van der Waals surface area contributed by atoms with Gasteiger partial charge in [-0.15, -0.1) is 0 Å². The fraction of sp³-hybridized carbons (Fsp3) is 0.192. The molecule has 4 nitrogen and oxygen atoms in total. The molecule has 0 atom stereocenters. The van der Waals surface area contributed by atoms with E-state index in [-0.39, 0.29) is 11.9 Å². The summed E-state index contributed by atoms with van der Waals surface area (Å²) in [6, 6.07) is 25.0. The highest BCUT2D eigenvalue weighted by Crippen LogP contribution is 2.24. The number of hydrogen-bond acceptors (Lipinski definition) is 3. The standard InChI is InChI=1S/C26H25NO3/c1-19(2)30-22-14-12-21(13-15-22)29-17-16-27-18-24(23-10-6-7-11-25(23)27)26(28)20-8-4-3-5-9-20/h3-15,18-19H,16-17H2,1-2H3. The van der Waals surface area contributed by atoms with Crippen LogP contribution in [0.4, 0.5) is 0 Å². The molecule has 1 heterocycles. The van der Waals surface area contributed by atoms with E-state index in [4.69, 9.17) is 9.47 Å². The highest BCUT2D eigenvalue weighted by molar-refractivity contribution is 6.16. The van der Waals surface area contributed by atoms with Gasteiger partial charge in [0.05, 0.1) is 12.6 Å². The highest BCUT2D eigenvalue weighted by Gasteiger charge is 2.16. The maximum atomic E-state index is 13.0. The van der Waals surface area contributed by atoms with E-state index in [1.807, 2.05) is 98.9 Å². The lowest BCUT2D eigenvalue weighted by Crippen LogP contribution is -2.08. The summed E-state index contributed by atoms with van der Waals surface area (Å²) < 4.78 is 13.7. The molecule has 4 rings (SSSR count). The van der Waals surface area contributed by atoms with Crippen molar-refractivity contribution in [2.45, 2.75) is 26.5 Å². The maximum absolute atomic E-state index is 13.0. The molecule has 4 aromatic rings. The van der Waals surface area contributed by atoms with Crippen molar-refractivity contribution < 1.29 is 14.3 Å². The lowest BCUT2D eigenvalue weighted by atomic mass is 10.0. The van der Waals surface area contributed by atoms with E-state index in [0.29, 0.717) is 24.3 Å². The zero-order valence-corrected chi connectivity index (χ0v) is 17.2. The molecule has 1 aromatic heterocycles. The molecule has 0 bridgehead atoms. The highest BCUT2D eigenvalue weighted by atomic mass is 16.5. The first-order valence-corrected chi connectivity index (χ1v) is 10.2. The fourth-order valence-electron chi connectivity index (χ4n) is 3.51. The maximum Gasteiger partial charge on any atom is 0.195 e. The van der Waals surface area contributed by atoms with E-state index in [2.05, 4.69) is 4.57 Å². The third kappa shape index (κ3) is 4.38.